The van der Waals surface area contributed by atoms with Crippen LogP contribution in [0.2, 0.25) is 0 Å². The van der Waals surface area contributed by atoms with Crippen molar-refractivity contribution in [3.8, 4) is 11.5 Å². The van der Waals surface area contributed by atoms with Gasteiger partial charge in [0.1, 0.15) is 11.5 Å². The standard InChI is InChI=1S/C32H57N3O5/c1-3-5-6-7-8-9-10-11-12-13-14-15-16-18-29(4-2)39-25-17-24-33-32(38)35-27-34-31(37)23-26-40-30-21-19-28(36)20-22-30/h19-22,29,36H,3-18,23-27H2,1-2H3,(H,34,37)(H2,33,35,38). The number of carbonyl (C=O) groups excluding carboxylic acids is 2. The minimum Gasteiger partial charge on any atom is -0.508 e. The molecule has 0 spiro atoms. The van der Waals surface area contributed by atoms with E-state index in [4.69, 9.17) is 9.47 Å². The fourth-order valence-corrected chi connectivity index (χ4v) is 4.50. The summed E-state index contributed by atoms with van der Waals surface area (Å²) in [5, 5.41) is 17.3. The van der Waals surface area contributed by atoms with E-state index < -0.39 is 0 Å². The summed E-state index contributed by atoms with van der Waals surface area (Å²) in [4.78, 5) is 23.7. The molecule has 8 heteroatoms. The highest BCUT2D eigenvalue weighted by Crippen LogP contribution is 2.16. The van der Waals surface area contributed by atoms with Crippen LogP contribution in [0.1, 0.15) is 123 Å². The molecule has 8 nitrogen and oxygen atoms in total. The lowest BCUT2D eigenvalue weighted by Gasteiger charge is -2.16. The highest BCUT2D eigenvalue weighted by atomic mass is 16.5. The number of benzene rings is 1. The Labute approximate surface area is 243 Å². The van der Waals surface area contributed by atoms with Crippen LogP contribution in [0.4, 0.5) is 4.79 Å². The first-order valence-electron chi connectivity index (χ1n) is 15.9. The molecule has 0 bridgehead atoms. The van der Waals surface area contributed by atoms with Crippen LogP contribution in [0.15, 0.2) is 24.3 Å². The van der Waals surface area contributed by atoms with E-state index in [0.29, 0.717) is 25.0 Å². The maximum atomic E-state index is 11.9. The molecular weight excluding hydrogens is 506 g/mol. The average Bonchev–Trinajstić information content (AvgIpc) is 2.95. The Morgan fingerprint density at radius 2 is 1.35 bits per heavy atom. The summed E-state index contributed by atoms with van der Waals surface area (Å²) in [5.74, 6) is 0.519. The molecule has 0 aliphatic heterocycles. The van der Waals surface area contributed by atoms with Crippen LogP contribution in [0.3, 0.4) is 0 Å². The van der Waals surface area contributed by atoms with Gasteiger partial charge in [-0.15, -0.1) is 0 Å². The molecule has 3 amide bonds. The number of phenols is 1. The SMILES string of the molecule is CCCCCCCCCCCCCCCC(CC)OCCCNC(=O)NCNC(=O)CCOc1ccc(O)cc1. The van der Waals surface area contributed by atoms with Gasteiger partial charge in [0.05, 0.1) is 25.8 Å². The quantitative estimate of drug-likeness (QED) is 0.0704. The lowest BCUT2D eigenvalue weighted by molar-refractivity contribution is -0.121. The molecule has 0 aliphatic carbocycles. The van der Waals surface area contributed by atoms with Crippen molar-refractivity contribution < 1.29 is 24.2 Å². The molecule has 40 heavy (non-hydrogen) atoms. The van der Waals surface area contributed by atoms with E-state index in [9.17, 15) is 14.7 Å². The largest absolute Gasteiger partial charge is 0.508 e. The number of hydrogen-bond donors (Lipinski definition) is 4. The fourth-order valence-electron chi connectivity index (χ4n) is 4.50. The molecule has 0 fully saturated rings. The number of rotatable bonds is 26. The molecule has 0 aromatic heterocycles. The Morgan fingerprint density at radius 1 is 0.750 bits per heavy atom. The van der Waals surface area contributed by atoms with Gasteiger partial charge in [-0.1, -0.05) is 97.3 Å². The van der Waals surface area contributed by atoms with Gasteiger partial charge in [0.2, 0.25) is 5.91 Å². The Balaban J connectivity index is 1.89. The summed E-state index contributed by atoms with van der Waals surface area (Å²) < 4.78 is 11.5. The lowest BCUT2D eigenvalue weighted by atomic mass is 10.0. The zero-order valence-electron chi connectivity index (χ0n) is 25.3. The molecule has 1 aromatic carbocycles. The predicted octanol–water partition coefficient (Wildman–Crippen LogP) is 7.20. The molecule has 0 saturated carbocycles. The number of ether oxygens (including phenoxy) is 2. The van der Waals surface area contributed by atoms with Crippen LogP contribution in [0.25, 0.3) is 0 Å². The summed E-state index contributed by atoms with van der Waals surface area (Å²) in [7, 11) is 0. The minimum absolute atomic E-state index is 0.0530. The van der Waals surface area contributed by atoms with Gasteiger partial charge < -0.3 is 30.5 Å². The van der Waals surface area contributed by atoms with E-state index >= 15 is 0 Å². The van der Waals surface area contributed by atoms with Crippen LogP contribution in [0.5, 0.6) is 11.5 Å². The third kappa shape index (κ3) is 21.4. The molecule has 0 radical (unpaired) electrons. The number of hydrogen-bond acceptors (Lipinski definition) is 5. The maximum absolute atomic E-state index is 11.9. The van der Waals surface area contributed by atoms with Gasteiger partial charge in [0.25, 0.3) is 0 Å². The molecule has 0 aliphatic rings. The highest BCUT2D eigenvalue weighted by molar-refractivity contribution is 5.77. The number of phenolic OH excluding ortho intramolecular Hbond substituents is 1. The van der Waals surface area contributed by atoms with Crippen LogP contribution in [0, 0.1) is 0 Å². The third-order valence-electron chi connectivity index (χ3n) is 7.01. The van der Waals surface area contributed by atoms with E-state index in [1.807, 2.05) is 0 Å². The van der Waals surface area contributed by atoms with Gasteiger partial charge in [-0.2, -0.15) is 0 Å². The van der Waals surface area contributed by atoms with E-state index in [0.717, 1.165) is 19.3 Å². The van der Waals surface area contributed by atoms with Gasteiger partial charge >= 0.3 is 6.03 Å². The van der Waals surface area contributed by atoms with Gasteiger partial charge in [0.15, 0.2) is 0 Å². The Hall–Kier alpha value is -2.48. The highest BCUT2D eigenvalue weighted by Gasteiger charge is 2.07. The number of nitrogens with one attached hydrogen (secondary N) is 3. The normalized spacial score (nSPS) is 11.7. The molecule has 1 rings (SSSR count). The van der Waals surface area contributed by atoms with Crippen molar-refractivity contribution in [2.45, 2.75) is 129 Å². The van der Waals surface area contributed by atoms with Crippen molar-refractivity contribution >= 4 is 11.9 Å². The van der Waals surface area contributed by atoms with Crippen molar-refractivity contribution in [1.29, 1.82) is 0 Å². The summed E-state index contributed by atoms with van der Waals surface area (Å²) in [6, 6.07) is 5.99. The predicted molar refractivity (Wildman–Crippen MR) is 163 cm³/mol. The topological polar surface area (TPSA) is 109 Å². The lowest BCUT2D eigenvalue weighted by Crippen LogP contribution is -2.43. The fraction of sp³-hybridized carbons (Fsp3) is 0.750. The number of urea groups is 1. The summed E-state index contributed by atoms with van der Waals surface area (Å²) in [5.41, 5.74) is 0. The zero-order valence-corrected chi connectivity index (χ0v) is 25.3. The van der Waals surface area contributed by atoms with Crippen molar-refractivity contribution in [2.75, 3.05) is 26.4 Å². The Morgan fingerprint density at radius 3 is 1.95 bits per heavy atom. The van der Waals surface area contributed by atoms with Gasteiger partial charge in [-0.25, -0.2) is 4.79 Å². The molecule has 1 atom stereocenters. The van der Waals surface area contributed by atoms with Crippen molar-refractivity contribution in [3.05, 3.63) is 24.3 Å². The third-order valence-corrected chi connectivity index (χ3v) is 7.01. The molecule has 0 heterocycles. The van der Waals surface area contributed by atoms with E-state index in [1.54, 1.807) is 12.1 Å². The summed E-state index contributed by atoms with van der Waals surface area (Å²) in [6.07, 6.45) is 21.1. The Bertz CT molecular complexity index is 745. The number of unbranched alkanes of at least 4 members (excludes halogenated alkanes) is 12. The van der Waals surface area contributed by atoms with Gasteiger partial charge in [0, 0.05) is 13.2 Å². The Kier molecular flexibility index (Phi) is 22.6. The van der Waals surface area contributed by atoms with Gasteiger partial charge in [-0.3, -0.25) is 4.79 Å². The summed E-state index contributed by atoms with van der Waals surface area (Å²) in [6.45, 7) is 5.87. The molecule has 1 unspecified atom stereocenters. The molecule has 0 saturated heterocycles. The van der Waals surface area contributed by atoms with Crippen LogP contribution in [-0.2, 0) is 9.53 Å². The second-order valence-corrected chi connectivity index (χ2v) is 10.6. The van der Waals surface area contributed by atoms with Crippen LogP contribution >= 0.6 is 0 Å². The monoisotopic (exact) mass is 563 g/mol. The van der Waals surface area contributed by atoms with Crippen LogP contribution < -0.4 is 20.7 Å². The molecule has 1 aromatic rings. The number of carbonyl (C=O) groups is 2. The van der Waals surface area contributed by atoms with Crippen LogP contribution in [-0.4, -0.2) is 49.6 Å². The van der Waals surface area contributed by atoms with Crippen molar-refractivity contribution in [3.63, 3.8) is 0 Å². The van der Waals surface area contributed by atoms with Crippen molar-refractivity contribution in [1.82, 2.24) is 16.0 Å². The minimum atomic E-state index is -0.320. The smallest absolute Gasteiger partial charge is 0.316 e. The first kappa shape index (κ1) is 35.5. The zero-order chi connectivity index (χ0) is 29.1. The number of aromatic hydroxyl groups is 1. The maximum Gasteiger partial charge on any atom is 0.316 e. The number of amides is 3. The van der Waals surface area contributed by atoms with Gasteiger partial charge in [-0.05, 0) is 43.5 Å². The van der Waals surface area contributed by atoms with E-state index in [2.05, 4.69) is 29.8 Å². The van der Waals surface area contributed by atoms with Crippen molar-refractivity contribution in [2.24, 2.45) is 0 Å². The molecule has 4 N–H and O–H groups in total. The summed E-state index contributed by atoms with van der Waals surface area (Å²) >= 11 is 0. The van der Waals surface area contributed by atoms with E-state index in [1.165, 1.54) is 95.6 Å². The molecular formula is C32H57N3O5. The first-order valence-corrected chi connectivity index (χ1v) is 15.9. The van der Waals surface area contributed by atoms with E-state index in [-0.39, 0.29) is 37.4 Å². The second kappa shape index (κ2) is 25.5. The average molecular weight is 564 g/mol. The first-order chi connectivity index (χ1) is 19.5. The second-order valence-electron chi connectivity index (χ2n) is 10.6. The molecule has 230 valence electrons.